The summed E-state index contributed by atoms with van der Waals surface area (Å²) in [6, 6.07) is 0. The fourth-order valence-corrected chi connectivity index (χ4v) is 0.768. The second-order valence-electron chi connectivity index (χ2n) is 2.07. The molecule has 1 aromatic heterocycles. The summed E-state index contributed by atoms with van der Waals surface area (Å²) in [5, 5.41) is 3.87. The first-order chi connectivity index (χ1) is 5.29. The van der Waals surface area contributed by atoms with Gasteiger partial charge in [-0.25, -0.2) is 4.68 Å². The van der Waals surface area contributed by atoms with E-state index >= 15 is 0 Å². The molecule has 0 aliphatic carbocycles. The monoisotopic (exact) mass is 151 g/mol. The zero-order valence-electron chi connectivity index (χ0n) is 6.03. The molecular weight excluding hydrogens is 142 g/mol. The first kappa shape index (κ1) is 7.53. The number of anilines is 1. The third-order valence-electron chi connectivity index (χ3n) is 1.34. The molecule has 0 unspecified atom stereocenters. The van der Waals surface area contributed by atoms with Gasteiger partial charge in [-0.2, -0.15) is 5.10 Å². The molecule has 1 rings (SSSR count). The molecule has 0 spiro atoms. The van der Waals surface area contributed by atoms with Gasteiger partial charge in [-0.1, -0.05) is 6.08 Å². The van der Waals surface area contributed by atoms with Crippen LogP contribution in [0.25, 0.3) is 0 Å². The van der Waals surface area contributed by atoms with E-state index in [0.717, 1.165) is 0 Å². The Kier molecular flexibility index (Phi) is 2.06. The summed E-state index contributed by atoms with van der Waals surface area (Å²) in [4.78, 5) is 10.3. The maximum atomic E-state index is 10.3. The van der Waals surface area contributed by atoms with Crippen molar-refractivity contribution in [1.82, 2.24) is 9.78 Å². The number of hydrogen-bond donors (Lipinski definition) is 1. The lowest BCUT2D eigenvalue weighted by Gasteiger charge is -1.97. The third-order valence-corrected chi connectivity index (χ3v) is 1.34. The van der Waals surface area contributed by atoms with Crippen LogP contribution in [-0.4, -0.2) is 16.1 Å². The van der Waals surface area contributed by atoms with E-state index in [4.69, 9.17) is 5.73 Å². The van der Waals surface area contributed by atoms with Crippen molar-refractivity contribution in [3.63, 3.8) is 0 Å². The highest BCUT2D eigenvalue weighted by Gasteiger charge is 2.03. The Balaban J connectivity index is 2.99. The number of aromatic nitrogens is 2. The van der Waals surface area contributed by atoms with E-state index in [1.54, 1.807) is 6.08 Å². The maximum Gasteiger partial charge on any atom is 0.155 e. The average Bonchev–Trinajstić information content (AvgIpc) is 2.34. The minimum absolute atomic E-state index is 0.389. The number of aldehydes is 1. The normalized spacial score (nSPS) is 9.45. The Morgan fingerprint density at radius 3 is 3.00 bits per heavy atom. The topological polar surface area (TPSA) is 60.9 Å². The molecule has 0 bridgehead atoms. The van der Waals surface area contributed by atoms with Gasteiger partial charge in [0.05, 0.1) is 18.3 Å². The second-order valence-corrected chi connectivity index (χ2v) is 2.07. The first-order valence-electron chi connectivity index (χ1n) is 3.17. The molecular formula is C7H9N3O. The quantitative estimate of drug-likeness (QED) is 0.504. The first-order valence-corrected chi connectivity index (χ1v) is 3.17. The Hall–Kier alpha value is -1.58. The Bertz CT molecular complexity index is 277. The number of hydrogen-bond acceptors (Lipinski definition) is 3. The number of allylic oxidation sites excluding steroid dienone is 1. The molecule has 2 N–H and O–H groups in total. The summed E-state index contributed by atoms with van der Waals surface area (Å²) in [6.07, 6.45) is 3.78. The molecule has 1 heterocycles. The molecule has 0 atom stereocenters. The van der Waals surface area contributed by atoms with Crippen LogP contribution in [0.4, 0.5) is 5.82 Å². The standard InChI is InChI=1S/C7H9N3O/c1-2-3-10-7(8)6(5-11)4-9-10/h2,4-5H,1,3,8H2. The molecule has 0 saturated heterocycles. The molecule has 0 aliphatic heterocycles. The number of carbonyl (C=O) groups excluding carboxylic acids is 1. The fourth-order valence-electron chi connectivity index (χ4n) is 0.768. The van der Waals surface area contributed by atoms with Gasteiger partial charge in [-0.3, -0.25) is 4.79 Å². The molecule has 4 nitrogen and oxygen atoms in total. The van der Waals surface area contributed by atoms with Gasteiger partial charge in [0.2, 0.25) is 0 Å². The summed E-state index contributed by atoms with van der Waals surface area (Å²) >= 11 is 0. The smallest absolute Gasteiger partial charge is 0.155 e. The van der Waals surface area contributed by atoms with Crippen molar-refractivity contribution >= 4 is 12.1 Å². The molecule has 0 radical (unpaired) electrons. The highest BCUT2D eigenvalue weighted by molar-refractivity contribution is 5.81. The molecule has 4 heteroatoms. The Labute approximate surface area is 64.3 Å². The number of nitrogens with zero attached hydrogens (tertiary/aromatic N) is 2. The van der Waals surface area contributed by atoms with Crippen molar-refractivity contribution in [2.45, 2.75) is 6.54 Å². The van der Waals surface area contributed by atoms with Gasteiger partial charge in [0, 0.05) is 0 Å². The molecule has 0 aromatic carbocycles. The van der Waals surface area contributed by atoms with E-state index in [1.807, 2.05) is 0 Å². The maximum absolute atomic E-state index is 10.3. The van der Waals surface area contributed by atoms with Crippen molar-refractivity contribution in [3.8, 4) is 0 Å². The van der Waals surface area contributed by atoms with Crippen LogP contribution in [0.3, 0.4) is 0 Å². The van der Waals surface area contributed by atoms with Crippen LogP contribution in [0.2, 0.25) is 0 Å². The summed E-state index contributed by atoms with van der Waals surface area (Å²) in [7, 11) is 0. The highest BCUT2D eigenvalue weighted by Crippen LogP contribution is 2.06. The van der Waals surface area contributed by atoms with Gasteiger partial charge in [-0.15, -0.1) is 6.58 Å². The number of carbonyl (C=O) groups is 1. The average molecular weight is 151 g/mol. The van der Waals surface area contributed by atoms with E-state index in [-0.39, 0.29) is 0 Å². The molecule has 0 aliphatic rings. The van der Waals surface area contributed by atoms with E-state index in [9.17, 15) is 4.79 Å². The van der Waals surface area contributed by atoms with Crippen LogP contribution in [0.5, 0.6) is 0 Å². The van der Waals surface area contributed by atoms with E-state index in [1.165, 1.54) is 10.9 Å². The number of nitrogens with two attached hydrogens (primary N) is 1. The van der Waals surface area contributed by atoms with Crippen LogP contribution in [0.15, 0.2) is 18.9 Å². The number of nitrogen functional groups attached to an aromatic ring is 1. The molecule has 11 heavy (non-hydrogen) atoms. The lowest BCUT2D eigenvalue weighted by molar-refractivity contribution is 0.112. The minimum atomic E-state index is 0.389. The van der Waals surface area contributed by atoms with E-state index < -0.39 is 0 Å². The Morgan fingerprint density at radius 1 is 1.82 bits per heavy atom. The van der Waals surface area contributed by atoms with Crippen molar-refractivity contribution in [1.29, 1.82) is 0 Å². The largest absolute Gasteiger partial charge is 0.383 e. The van der Waals surface area contributed by atoms with Crippen molar-refractivity contribution in [2.75, 3.05) is 5.73 Å². The van der Waals surface area contributed by atoms with Gasteiger partial charge in [0.25, 0.3) is 0 Å². The molecule has 1 aromatic rings. The van der Waals surface area contributed by atoms with Crippen LogP contribution in [0, 0.1) is 0 Å². The lowest BCUT2D eigenvalue weighted by Crippen LogP contribution is -2.03. The van der Waals surface area contributed by atoms with Crippen LogP contribution in [-0.2, 0) is 6.54 Å². The molecule has 0 amide bonds. The van der Waals surface area contributed by atoms with Crippen molar-refractivity contribution in [3.05, 3.63) is 24.4 Å². The summed E-state index contributed by atoms with van der Waals surface area (Å²) in [6.45, 7) is 4.05. The number of rotatable bonds is 3. The second kappa shape index (κ2) is 3.01. The molecule has 0 saturated carbocycles. The van der Waals surface area contributed by atoms with Crippen molar-refractivity contribution in [2.24, 2.45) is 0 Å². The minimum Gasteiger partial charge on any atom is -0.383 e. The van der Waals surface area contributed by atoms with Crippen LogP contribution in [0.1, 0.15) is 10.4 Å². The third kappa shape index (κ3) is 1.29. The van der Waals surface area contributed by atoms with Crippen LogP contribution < -0.4 is 5.73 Å². The zero-order chi connectivity index (χ0) is 8.27. The summed E-state index contributed by atoms with van der Waals surface area (Å²) in [5.41, 5.74) is 5.94. The van der Waals surface area contributed by atoms with Gasteiger partial charge in [-0.05, 0) is 0 Å². The van der Waals surface area contributed by atoms with Crippen LogP contribution >= 0.6 is 0 Å². The predicted molar refractivity (Wildman–Crippen MR) is 42.2 cm³/mol. The lowest BCUT2D eigenvalue weighted by atomic mass is 10.4. The van der Waals surface area contributed by atoms with Gasteiger partial charge < -0.3 is 5.73 Å². The van der Waals surface area contributed by atoms with Crippen molar-refractivity contribution < 1.29 is 4.79 Å². The van der Waals surface area contributed by atoms with E-state index in [2.05, 4.69) is 11.7 Å². The molecule has 58 valence electrons. The Morgan fingerprint density at radius 2 is 2.55 bits per heavy atom. The summed E-state index contributed by atoms with van der Waals surface area (Å²) < 4.78 is 1.51. The van der Waals surface area contributed by atoms with Gasteiger partial charge in [0.1, 0.15) is 5.82 Å². The zero-order valence-corrected chi connectivity index (χ0v) is 6.03. The summed E-state index contributed by atoms with van der Waals surface area (Å²) in [5.74, 6) is 0.389. The SMILES string of the molecule is C=CCn1ncc(C=O)c1N. The van der Waals surface area contributed by atoms with E-state index in [0.29, 0.717) is 24.2 Å². The van der Waals surface area contributed by atoms with Gasteiger partial charge in [0.15, 0.2) is 6.29 Å². The van der Waals surface area contributed by atoms with Gasteiger partial charge >= 0.3 is 0 Å². The predicted octanol–water partition coefficient (Wildman–Crippen LogP) is 0.464. The molecule has 0 fully saturated rings. The fraction of sp³-hybridized carbons (Fsp3) is 0.143. The highest BCUT2D eigenvalue weighted by atomic mass is 16.1.